The molecule has 1 fully saturated rings. The van der Waals surface area contributed by atoms with Crippen LogP contribution in [0.5, 0.6) is 0 Å². The number of carboxylic acids is 1. The number of hydrogen-bond donors (Lipinski definition) is 2. The Bertz CT molecular complexity index is 1900. The maximum absolute atomic E-state index is 12.6. The van der Waals surface area contributed by atoms with Crippen LogP contribution >= 0.6 is 0 Å². The minimum absolute atomic E-state index is 0. The molecule has 4 atom stereocenters. The van der Waals surface area contributed by atoms with Gasteiger partial charge in [-0.2, -0.15) is 5.70 Å². The molecule has 0 aromatic carbocycles. The minimum atomic E-state index is -1.16. The molecule has 0 spiro atoms. The van der Waals surface area contributed by atoms with E-state index in [4.69, 9.17) is 20.3 Å². The molecule has 2 aliphatic heterocycles. The topological polar surface area (TPSA) is 114 Å². The first-order chi connectivity index (χ1) is 19.6. The van der Waals surface area contributed by atoms with Crippen molar-refractivity contribution in [2.45, 2.75) is 66.8 Å². The first-order valence-electron chi connectivity index (χ1n) is 14.5. The molecule has 214 valence electrons. The summed E-state index contributed by atoms with van der Waals surface area (Å²) in [5.74, 6) is -2.23. The standard InChI is InChI=1S/C34H36N4O3.Mg/c1-8-11-21-17(6)24-12-22-15(4)19(9-2)26(35-22)13-23-16(5)20(10-3)27(36-23)14-25-18(7)28-32(38-25)29(31(21)37-24)30(33(28)39)34(40)41;/h9,12-14,17,21,30-31,39H,2,8,10-11H2,1,3-7H3,(H,40,41);/q-4;+2/b23-13-,24-12-,27-14-;/t17-,21-,30+,31?;/m0./s1. The third-order valence-corrected chi connectivity index (χ3v) is 9.41. The van der Waals surface area contributed by atoms with Gasteiger partial charge in [0.2, 0.25) is 0 Å². The van der Waals surface area contributed by atoms with Gasteiger partial charge in [-0.15, -0.1) is 33.1 Å². The zero-order valence-corrected chi connectivity index (χ0v) is 26.7. The fraction of sp³-hybridized carbons (Fsp3) is 0.382. The van der Waals surface area contributed by atoms with Gasteiger partial charge < -0.3 is 30.5 Å². The van der Waals surface area contributed by atoms with Gasteiger partial charge in [-0.25, -0.2) is 0 Å². The van der Waals surface area contributed by atoms with Gasteiger partial charge >= 0.3 is 29.0 Å². The van der Waals surface area contributed by atoms with E-state index in [1.807, 2.05) is 38.2 Å². The van der Waals surface area contributed by atoms with Crippen LogP contribution in [-0.2, 0) is 11.2 Å². The van der Waals surface area contributed by atoms with Crippen molar-refractivity contribution in [1.82, 2.24) is 15.0 Å². The van der Waals surface area contributed by atoms with E-state index in [2.05, 4.69) is 34.3 Å². The molecular weight excluding hydrogens is 537 g/mol. The summed E-state index contributed by atoms with van der Waals surface area (Å²) in [6, 6.07) is -0.409. The van der Waals surface area contributed by atoms with Crippen LogP contribution in [0.2, 0.25) is 0 Å². The molecule has 1 aliphatic carbocycles. The normalized spacial score (nSPS) is 25.0. The summed E-state index contributed by atoms with van der Waals surface area (Å²) < 4.78 is 0. The SMILES string of the molecule is C=Cc1c2[n-]c(c1C)/C=C1\[N-]C(C3=c4[n-]c(c(C)c4=C(O)[C@@H]3C(=O)O)/C=c3\[n-]/c(c(C)c3CC)=C\2)[C@@H](CCC)[C@@H]1C.[Mg+2]. The number of hydrogen-bond acceptors (Lipinski definition) is 2. The van der Waals surface area contributed by atoms with E-state index in [1.54, 1.807) is 0 Å². The second-order valence-corrected chi connectivity index (χ2v) is 11.6. The second kappa shape index (κ2) is 11.0. The summed E-state index contributed by atoms with van der Waals surface area (Å²) >= 11 is 0. The molecule has 0 amide bonds. The molecule has 3 aromatic rings. The molecule has 8 bridgehead atoms. The van der Waals surface area contributed by atoms with Crippen molar-refractivity contribution in [2.24, 2.45) is 17.8 Å². The van der Waals surface area contributed by atoms with Crippen LogP contribution < -0.4 is 36.2 Å². The average Bonchev–Trinajstić information content (AvgIpc) is 3.66. The van der Waals surface area contributed by atoms with Crippen LogP contribution in [0.1, 0.15) is 78.5 Å². The molecule has 1 saturated heterocycles. The fourth-order valence-corrected chi connectivity index (χ4v) is 7.14. The number of aliphatic carboxylic acids is 1. The Kier molecular flexibility index (Phi) is 7.92. The Labute approximate surface area is 262 Å². The van der Waals surface area contributed by atoms with Gasteiger partial charge in [-0.05, 0) is 44.6 Å². The Hall–Kier alpha value is -3.36. The molecule has 3 aromatic heterocycles. The van der Waals surface area contributed by atoms with Crippen molar-refractivity contribution in [3.63, 3.8) is 0 Å². The van der Waals surface area contributed by atoms with Crippen LogP contribution in [0.25, 0.3) is 41.0 Å². The van der Waals surface area contributed by atoms with Crippen LogP contribution in [0, 0.1) is 38.5 Å². The number of aliphatic hydroxyl groups is 1. The van der Waals surface area contributed by atoms with Gasteiger partial charge in [0.05, 0.1) is 0 Å². The van der Waals surface area contributed by atoms with Crippen molar-refractivity contribution in [3.8, 4) is 0 Å². The molecular formula is C34H36MgN4O3-2. The van der Waals surface area contributed by atoms with E-state index in [1.165, 1.54) is 0 Å². The molecule has 6 rings (SSSR count). The van der Waals surface area contributed by atoms with E-state index in [0.717, 1.165) is 74.9 Å². The molecule has 7 nitrogen and oxygen atoms in total. The molecule has 8 heteroatoms. The Morgan fingerprint density at radius 1 is 0.976 bits per heavy atom. The molecule has 2 N–H and O–H groups in total. The van der Waals surface area contributed by atoms with Crippen LogP contribution in [0.3, 0.4) is 0 Å². The number of rotatable bonds is 5. The Balaban J connectivity index is 0.00000353. The van der Waals surface area contributed by atoms with Gasteiger partial charge in [-0.1, -0.05) is 98.4 Å². The molecule has 3 aliphatic rings. The first kappa shape index (κ1) is 30.1. The fourth-order valence-electron chi connectivity index (χ4n) is 7.14. The molecule has 1 unspecified atom stereocenters. The van der Waals surface area contributed by atoms with Crippen molar-refractivity contribution in [3.05, 3.63) is 83.8 Å². The summed E-state index contributed by atoms with van der Waals surface area (Å²) in [5.41, 5.74) is 8.80. The van der Waals surface area contributed by atoms with Crippen molar-refractivity contribution >= 4 is 64.7 Å². The first-order valence-corrected chi connectivity index (χ1v) is 14.5. The monoisotopic (exact) mass is 572 g/mol. The average molecular weight is 573 g/mol. The Morgan fingerprint density at radius 3 is 2.31 bits per heavy atom. The number of nitrogens with zero attached hydrogens (tertiary/aromatic N) is 4. The number of carbonyl (C=O) groups is 1. The summed E-state index contributed by atoms with van der Waals surface area (Å²) in [4.78, 5) is 27.7. The van der Waals surface area contributed by atoms with Gasteiger partial charge in [-0.3, -0.25) is 4.79 Å². The molecule has 5 heterocycles. The maximum atomic E-state index is 12.6. The van der Waals surface area contributed by atoms with Crippen molar-refractivity contribution in [1.29, 1.82) is 0 Å². The zero-order valence-electron chi connectivity index (χ0n) is 25.2. The van der Waals surface area contributed by atoms with E-state index in [-0.39, 0.29) is 40.6 Å². The smallest absolute Gasteiger partial charge is 0.681 e. The maximum Gasteiger partial charge on any atom is 2.00 e. The van der Waals surface area contributed by atoms with Gasteiger partial charge in [0, 0.05) is 5.22 Å². The second-order valence-electron chi connectivity index (χ2n) is 11.6. The molecule has 0 radical (unpaired) electrons. The number of fused-ring (bicyclic) bond motifs is 8. The third-order valence-electron chi connectivity index (χ3n) is 9.41. The van der Waals surface area contributed by atoms with Crippen molar-refractivity contribution < 1.29 is 15.0 Å². The number of aromatic nitrogens is 3. The van der Waals surface area contributed by atoms with Crippen LogP contribution in [-0.4, -0.2) is 45.3 Å². The predicted octanol–water partition coefficient (Wildman–Crippen LogP) is 2.66. The van der Waals surface area contributed by atoms with Gasteiger partial charge in [0.15, 0.2) is 0 Å². The van der Waals surface area contributed by atoms with Gasteiger partial charge in [0.25, 0.3) is 0 Å². The minimum Gasteiger partial charge on any atom is -0.681 e. The quantitative estimate of drug-likeness (QED) is 0.455. The summed E-state index contributed by atoms with van der Waals surface area (Å²) in [6.07, 6.45) is 10.5. The number of carboxylic acid groups (broad SMARTS) is 1. The van der Waals surface area contributed by atoms with E-state index >= 15 is 0 Å². The number of aliphatic hydroxyl groups excluding tert-OH is 1. The van der Waals surface area contributed by atoms with Gasteiger partial charge in [0.1, 0.15) is 11.7 Å². The summed E-state index contributed by atoms with van der Waals surface area (Å²) in [7, 11) is 0. The van der Waals surface area contributed by atoms with Crippen LogP contribution in [0.15, 0.2) is 12.3 Å². The third kappa shape index (κ3) is 4.33. The Morgan fingerprint density at radius 2 is 1.67 bits per heavy atom. The zero-order chi connectivity index (χ0) is 29.3. The predicted molar refractivity (Wildman–Crippen MR) is 168 cm³/mol. The number of allylic oxidation sites excluding steroid dienone is 1. The van der Waals surface area contributed by atoms with Crippen LogP contribution in [0.4, 0.5) is 0 Å². The van der Waals surface area contributed by atoms with E-state index in [9.17, 15) is 15.0 Å². The summed E-state index contributed by atoms with van der Waals surface area (Å²) in [6.45, 7) is 16.5. The molecule has 42 heavy (non-hydrogen) atoms. The van der Waals surface area contributed by atoms with E-state index in [0.29, 0.717) is 21.8 Å². The summed E-state index contributed by atoms with van der Waals surface area (Å²) in [5, 5.41) is 29.7. The largest absolute Gasteiger partial charge is 2.00 e. The van der Waals surface area contributed by atoms with E-state index < -0.39 is 17.9 Å². The van der Waals surface area contributed by atoms with Crippen molar-refractivity contribution in [2.75, 3.05) is 0 Å². The molecule has 0 saturated carbocycles.